The van der Waals surface area contributed by atoms with Gasteiger partial charge < -0.3 is 10.6 Å². The Kier molecular flexibility index (Phi) is 4.89. The molecule has 0 radical (unpaired) electrons. The molecule has 1 aromatic heterocycles. The zero-order valence-corrected chi connectivity index (χ0v) is 14.0. The van der Waals surface area contributed by atoms with Gasteiger partial charge in [-0.05, 0) is 57.0 Å². The largest absolute Gasteiger partial charge is 0.347 e. The van der Waals surface area contributed by atoms with E-state index in [1.165, 1.54) is 6.07 Å². The Morgan fingerprint density at radius 2 is 2.12 bits per heavy atom. The molecule has 1 aliphatic rings. The standard InChI is InChI=1S/C17H22FN5O/c1-11-9-13(3-4-15(11)18)10-20-17(24)16-12(2)23(22-21-16)14-5-7-19-8-6-14/h3-4,9,14,19H,5-8,10H2,1-2H3,(H,20,24). The molecule has 2 N–H and O–H groups in total. The fraction of sp³-hybridized carbons (Fsp3) is 0.471. The number of aromatic nitrogens is 3. The van der Waals surface area contributed by atoms with Gasteiger partial charge in [-0.2, -0.15) is 0 Å². The van der Waals surface area contributed by atoms with Crippen molar-refractivity contribution < 1.29 is 9.18 Å². The van der Waals surface area contributed by atoms with E-state index >= 15 is 0 Å². The molecule has 2 heterocycles. The summed E-state index contributed by atoms with van der Waals surface area (Å²) in [7, 11) is 0. The number of nitrogens with zero attached hydrogens (tertiary/aromatic N) is 3. The molecule has 6 nitrogen and oxygen atoms in total. The lowest BCUT2D eigenvalue weighted by Crippen LogP contribution is -2.30. The number of benzene rings is 1. The molecule has 1 saturated heterocycles. The zero-order valence-electron chi connectivity index (χ0n) is 14.0. The summed E-state index contributed by atoms with van der Waals surface area (Å²) < 4.78 is 15.1. The minimum atomic E-state index is -0.255. The van der Waals surface area contributed by atoms with E-state index in [1.807, 2.05) is 11.6 Å². The molecular formula is C17H22FN5O. The topological polar surface area (TPSA) is 71.8 Å². The molecule has 1 amide bonds. The van der Waals surface area contributed by atoms with Crippen molar-refractivity contribution in [2.45, 2.75) is 39.3 Å². The first-order chi connectivity index (χ1) is 11.6. The maximum absolute atomic E-state index is 13.3. The Bertz CT molecular complexity index is 737. The molecule has 0 spiro atoms. The Balaban J connectivity index is 1.66. The molecule has 1 fully saturated rings. The van der Waals surface area contributed by atoms with Crippen LogP contribution in [0.3, 0.4) is 0 Å². The van der Waals surface area contributed by atoms with Crippen molar-refractivity contribution in [3.63, 3.8) is 0 Å². The van der Waals surface area contributed by atoms with Gasteiger partial charge in [0.2, 0.25) is 0 Å². The Morgan fingerprint density at radius 1 is 1.38 bits per heavy atom. The summed E-state index contributed by atoms with van der Waals surface area (Å²) in [6.45, 7) is 5.82. The molecule has 24 heavy (non-hydrogen) atoms. The van der Waals surface area contributed by atoms with Gasteiger partial charge in [-0.1, -0.05) is 17.3 Å². The number of carbonyl (C=O) groups excluding carboxylic acids is 1. The summed E-state index contributed by atoms with van der Waals surface area (Å²) in [5, 5.41) is 14.4. The maximum Gasteiger partial charge on any atom is 0.274 e. The summed E-state index contributed by atoms with van der Waals surface area (Å²) >= 11 is 0. The number of carbonyl (C=O) groups is 1. The summed E-state index contributed by atoms with van der Waals surface area (Å²) in [5.41, 5.74) is 2.56. The van der Waals surface area contributed by atoms with Gasteiger partial charge in [0.25, 0.3) is 5.91 Å². The second-order valence-electron chi connectivity index (χ2n) is 6.22. The van der Waals surface area contributed by atoms with Crippen molar-refractivity contribution in [2.75, 3.05) is 13.1 Å². The summed E-state index contributed by atoms with van der Waals surface area (Å²) in [5.74, 6) is -0.500. The zero-order chi connectivity index (χ0) is 17.1. The van der Waals surface area contributed by atoms with Gasteiger partial charge >= 0.3 is 0 Å². The van der Waals surface area contributed by atoms with E-state index < -0.39 is 0 Å². The summed E-state index contributed by atoms with van der Waals surface area (Å²) in [6.07, 6.45) is 1.97. The third kappa shape index (κ3) is 3.46. The first-order valence-electron chi connectivity index (χ1n) is 8.22. The second kappa shape index (κ2) is 7.09. The smallest absolute Gasteiger partial charge is 0.274 e. The number of piperidine rings is 1. The van der Waals surface area contributed by atoms with E-state index in [9.17, 15) is 9.18 Å². The molecule has 128 valence electrons. The van der Waals surface area contributed by atoms with Crippen LogP contribution in [0.2, 0.25) is 0 Å². The number of hydrogen-bond donors (Lipinski definition) is 2. The number of aryl methyl sites for hydroxylation is 1. The fourth-order valence-electron chi connectivity index (χ4n) is 3.03. The number of amides is 1. The number of nitrogens with one attached hydrogen (secondary N) is 2. The molecule has 7 heteroatoms. The van der Waals surface area contributed by atoms with Gasteiger partial charge in [0.05, 0.1) is 11.7 Å². The van der Waals surface area contributed by atoms with Crippen molar-refractivity contribution in [1.29, 1.82) is 0 Å². The van der Waals surface area contributed by atoms with Crippen LogP contribution in [-0.4, -0.2) is 34.0 Å². The Labute approximate surface area is 140 Å². The lowest BCUT2D eigenvalue weighted by Gasteiger charge is -2.23. The van der Waals surface area contributed by atoms with Crippen molar-refractivity contribution in [2.24, 2.45) is 0 Å². The quantitative estimate of drug-likeness (QED) is 0.897. The molecular weight excluding hydrogens is 309 g/mol. The third-order valence-corrected chi connectivity index (χ3v) is 4.47. The van der Waals surface area contributed by atoms with Gasteiger partial charge in [-0.25, -0.2) is 9.07 Å². The third-order valence-electron chi connectivity index (χ3n) is 4.47. The Morgan fingerprint density at radius 3 is 2.83 bits per heavy atom. The lowest BCUT2D eigenvalue weighted by atomic mass is 10.1. The highest BCUT2D eigenvalue weighted by molar-refractivity contribution is 5.93. The van der Waals surface area contributed by atoms with Gasteiger partial charge in [0, 0.05) is 6.54 Å². The molecule has 3 rings (SSSR count). The van der Waals surface area contributed by atoms with Crippen LogP contribution in [0, 0.1) is 19.7 Å². The Hall–Kier alpha value is -2.28. The molecule has 2 aromatic rings. The highest BCUT2D eigenvalue weighted by Crippen LogP contribution is 2.20. The maximum atomic E-state index is 13.3. The van der Waals surface area contributed by atoms with Crippen LogP contribution in [-0.2, 0) is 6.54 Å². The molecule has 0 saturated carbocycles. The van der Waals surface area contributed by atoms with Crippen molar-refractivity contribution in [1.82, 2.24) is 25.6 Å². The van der Waals surface area contributed by atoms with Crippen LogP contribution < -0.4 is 10.6 Å². The van der Waals surface area contributed by atoms with Crippen LogP contribution in [0.15, 0.2) is 18.2 Å². The average molecular weight is 331 g/mol. The summed E-state index contributed by atoms with van der Waals surface area (Å²) in [4.78, 5) is 12.4. The van der Waals surface area contributed by atoms with E-state index in [4.69, 9.17) is 0 Å². The monoisotopic (exact) mass is 331 g/mol. The first-order valence-corrected chi connectivity index (χ1v) is 8.22. The van der Waals surface area contributed by atoms with Crippen molar-refractivity contribution in [3.8, 4) is 0 Å². The highest BCUT2D eigenvalue weighted by atomic mass is 19.1. The second-order valence-corrected chi connectivity index (χ2v) is 6.22. The van der Waals surface area contributed by atoms with Gasteiger partial charge in [-0.3, -0.25) is 4.79 Å². The number of halogens is 1. The molecule has 0 bridgehead atoms. The lowest BCUT2D eigenvalue weighted by molar-refractivity contribution is 0.0945. The van der Waals surface area contributed by atoms with Gasteiger partial charge in [0.15, 0.2) is 5.69 Å². The average Bonchev–Trinajstić information content (AvgIpc) is 2.98. The van der Waals surface area contributed by atoms with E-state index in [2.05, 4.69) is 20.9 Å². The normalized spacial score (nSPS) is 15.5. The van der Waals surface area contributed by atoms with E-state index in [0.29, 0.717) is 23.8 Å². The van der Waals surface area contributed by atoms with Crippen LogP contribution in [0.4, 0.5) is 4.39 Å². The molecule has 1 aromatic carbocycles. The molecule has 1 aliphatic heterocycles. The SMILES string of the molecule is Cc1cc(CNC(=O)c2nnn(C3CCNCC3)c2C)ccc1F. The van der Waals surface area contributed by atoms with Gasteiger partial charge in [-0.15, -0.1) is 5.10 Å². The predicted molar refractivity (Wildman–Crippen MR) is 88.2 cm³/mol. The van der Waals surface area contributed by atoms with Gasteiger partial charge in [0.1, 0.15) is 5.82 Å². The van der Waals surface area contributed by atoms with Crippen molar-refractivity contribution >= 4 is 5.91 Å². The van der Waals surface area contributed by atoms with Crippen LogP contribution >= 0.6 is 0 Å². The van der Waals surface area contributed by atoms with E-state index in [-0.39, 0.29) is 11.7 Å². The van der Waals surface area contributed by atoms with Crippen molar-refractivity contribution in [3.05, 3.63) is 46.5 Å². The minimum absolute atomic E-state index is 0.245. The highest BCUT2D eigenvalue weighted by Gasteiger charge is 2.22. The fourth-order valence-corrected chi connectivity index (χ4v) is 3.03. The molecule has 0 unspecified atom stereocenters. The predicted octanol–water partition coefficient (Wildman–Crippen LogP) is 1.89. The van der Waals surface area contributed by atoms with E-state index in [0.717, 1.165) is 37.2 Å². The summed E-state index contributed by atoms with van der Waals surface area (Å²) in [6, 6.07) is 5.10. The molecule has 0 aliphatic carbocycles. The minimum Gasteiger partial charge on any atom is -0.347 e. The van der Waals surface area contributed by atoms with Crippen LogP contribution in [0.25, 0.3) is 0 Å². The van der Waals surface area contributed by atoms with E-state index in [1.54, 1.807) is 19.1 Å². The number of rotatable bonds is 4. The van der Waals surface area contributed by atoms with Crippen LogP contribution in [0.1, 0.15) is 46.2 Å². The first kappa shape index (κ1) is 16.6. The van der Waals surface area contributed by atoms with Crippen LogP contribution in [0.5, 0.6) is 0 Å². The molecule has 0 atom stereocenters. The number of hydrogen-bond acceptors (Lipinski definition) is 4.